The van der Waals surface area contributed by atoms with Crippen LogP contribution in [0.4, 0.5) is 0 Å². The van der Waals surface area contributed by atoms with E-state index < -0.39 is 0 Å². The fourth-order valence-electron chi connectivity index (χ4n) is 7.49. The average molecular weight is 515 g/mol. The molecule has 0 spiro atoms. The van der Waals surface area contributed by atoms with Crippen LogP contribution in [0.1, 0.15) is 61.6 Å². The number of allylic oxidation sites excluding steroid dienone is 5. The third kappa shape index (κ3) is 3.89. The van der Waals surface area contributed by atoms with Gasteiger partial charge in [0.2, 0.25) is 0 Å². The first-order valence-electron chi connectivity index (χ1n) is 15.1. The van der Waals surface area contributed by atoms with E-state index in [1.807, 2.05) is 0 Å². The SMILES string of the molecule is C1=Cc2ccc(-c3c4c(c(C5=CC=C(C6=c7ccccc7=CCC6)CC5)c5ccccc35)=CCCC=4)cc2CC1. The number of benzene rings is 4. The van der Waals surface area contributed by atoms with E-state index in [2.05, 4.69) is 109 Å². The molecule has 0 amide bonds. The van der Waals surface area contributed by atoms with E-state index in [-0.39, 0.29) is 0 Å². The molecule has 8 rings (SSSR count). The van der Waals surface area contributed by atoms with Gasteiger partial charge in [-0.05, 0) is 128 Å². The smallest absolute Gasteiger partial charge is 0.00296 e. The summed E-state index contributed by atoms with van der Waals surface area (Å²) in [5, 5.41) is 8.51. The number of fused-ring (bicyclic) bond motifs is 4. The number of aryl methyl sites for hydroxylation is 1. The molecule has 4 aromatic rings. The Bertz CT molecular complexity index is 2040. The molecular formula is C40H34. The Morgan fingerprint density at radius 3 is 2.15 bits per heavy atom. The Morgan fingerprint density at radius 1 is 0.550 bits per heavy atom. The van der Waals surface area contributed by atoms with Gasteiger partial charge < -0.3 is 0 Å². The lowest BCUT2D eigenvalue weighted by molar-refractivity contribution is 0.969. The van der Waals surface area contributed by atoms with E-state index >= 15 is 0 Å². The average Bonchev–Trinajstić information content (AvgIpc) is 3.03. The van der Waals surface area contributed by atoms with Gasteiger partial charge in [-0.3, -0.25) is 0 Å². The van der Waals surface area contributed by atoms with Crippen molar-refractivity contribution >= 4 is 46.2 Å². The van der Waals surface area contributed by atoms with Crippen molar-refractivity contribution in [3.8, 4) is 11.1 Å². The minimum absolute atomic E-state index is 1.09. The van der Waals surface area contributed by atoms with Crippen LogP contribution < -0.4 is 20.9 Å². The van der Waals surface area contributed by atoms with Crippen LogP contribution >= 0.6 is 0 Å². The molecule has 0 radical (unpaired) electrons. The van der Waals surface area contributed by atoms with Gasteiger partial charge in [0.05, 0.1) is 0 Å². The maximum Gasteiger partial charge on any atom is -0.00296 e. The first kappa shape index (κ1) is 23.7. The Morgan fingerprint density at radius 2 is 1.30 bits per heavy atom. The summed E-state index contributed by atoms with van der Waals surface area (Å²) in [5.74, 6) is 0. The first-order valence-corrected chi connectivity index (χ1v) is 15.1. The van der Waals surface area contributed by atoms with Gasteiger partial charge in [0.1, 0.15) is 0 Å². The predicted octanol–water partition coefficient (Wildman–Crippen LogP) is 7.35. The van der Waals surface area contributed by atoms with Gasteiger partial charge in [0.15, 0.2) is 0 Å². The summed E-state index contributed by atoms with van der Waals surface area (Å²) in [5.41, 5.74) is 11.7. The molecule has 0 heteroatoms. The molecular weight excluding hydrogens is 480 g/mol. The molecule has 0 aliphatic heterocycles. The standard InChI is InChI=1S/C40H34/c1-2-12-31-26-32(25-20-27(31)10-1)40-37-17-7-5-15-35(37)39(36-16-6-8-18-38(36)40)30-23-21-29(22-24-30)34-19-9-13-28-11-3-4-14-33(28)34/h1,3-5,7,10-11,13-18,20-21,23,25-26H,2,6,8-9,12,19,22,24H2. The van der Waals surface area contributed by atoms with Gasteiger partial charge in [-0.25, -0.2) is 0 Å². The van der Waals surface area contributed by atoms with Crippen LogP contribution in [0.3, 0.4) is 0 Å². The number of hydrogen-bond donors (Lipinski definition) is 0. The van der Waals surface area contributed by atoms with Crippen LogP contribution in [-0.4, -0.2) is 0 Å². The van der Waals surface area contributed by atoms with E-state index in [1.165, 1.54) is 70.6 Å². The summed E-state index contributed by atoms with van der Waals surface area (Å²) in [6.45, 7) is 0. The minimum Gasteiger partial charge on any atom is -0.0836 e. The normalized spacial score (nSPS) is 17.4. The van der Waals surface area contributed by atoms with Crippen molar-refractivity contribution in [2.45, 2.75) is 51.4 Å². The highest BCUT2D eigenvalue weighted by molar-refractivity contribution is 6.04. The number of rotatable bonds is 3. The van der Waals surface area contributed by atoms with Crippen molar-refractivity contribution in [1.29, 1.82) is 0 Å². The molecule has 4 aromatic carbocycles. The fourth-order valence-corrected chi connectivity index (χ4v) is 7.49. The highest BCUT2D eigenvalue weighted by Crippen LogP contribution is 2.36. The first-order chi connectivity index (χ1) is 19.8. The Labute approximate surface area is 236 Å². The molecule has 0 atom stereocenters. The summed E-state index contributed by atoms with van der Waals surface area (Å²) in [6.07, 6.45) is 25.9. The van der Waals surface area contributed by atoms with E-state index in [9.17, 15) is 0 Å². The monoisotopic (exact) mass is 514 g/mol. The third-order valence-electron chi connectivity index (χ3n) is 9.37. The quantitative estimate of drug-likeness (QED) is 0.268. The molecule has 0 saturated heterocycles. The van der Waals surface area contributed by atoms with Crippen molar-refractivity contribution in [1.82, 2.24) is 0 Å². The van der Waals surface area contributed by atoms with Gasteiger partial charge in [0, 0.05) is 0 Å². The molecule has 40 heavy (non-hydrogen) atoms. The van der Waals surface area contributed by atoms with Crippen molar-refractivity contribution in [3.05, 3.63) is 128 Å². The lowest BCUT2D eigenvalue weighted by Gasteiger charge is -2.23. The van der Waals surface area contributed by atoms with Crippen LogP contribution in [0.5, 0.6) is 0 Å². The van der Waals surface area contributed by atoms with Gasteiger partial charge in [-0.15, -0.1) is 0 Å². The summed E-state index contributed by atoms with van der Waals surface area (Å²) in [4.78, 5) is 0. The van der Waals surface area contributed by atoms with Gasteiger partial charge in [-0.2, -0.15) is 0 Å². The zero-order valence-electron chi connectivity index (χ0n) is 23.0. The van der Waals surface area contributed by atoms with Crippen LogP contribution in [0.2, 0.25) is 0 Å². The second-order valence-corrected chi connectivity index (χ2v) is 11.7. The fraction of sp³-hybridized carbons (Fsp3) is 0.200. The van der Waals surface area contributed by atoms with Crippen LogP contribution in [-0.2, 0) is 6.42 Å². The second kappa shape index (κ2) is 9.79. The second-order valence-electron chi connectivity index (χ2n) is 11.7. The maximum atomic E-state index is 2.52. The van der Waals surface area contributed by atoms with E-state index in [4.69, 9.17) is 0 Å². The lowest BCUT2D eigenvalue weighted by Crippen LogP contribution is -2.33. The van der Waals surface area contributed by atoms with Crippen molar-refractivity contribution < 1.29 is 0 Å². The predicted molar refractivity (Wildman–Crippen MR) is 172 cm³/mol. The van der Waals surface area contributed by atoms with Gasteiger partial charge in [0.25, 0.3) is 0 Å². The molecule has 4 aliphatic rings. The van der Waals surface area contributed by atoms with Crippen molar-refractivity contribution in [2.24, 2.45) is 0 Å². The summed E-state index contributed by atoms with van der Waals surface area (Å²) >= 11 is 0. The van der Waals surface area contributed by atoms with Crippen molar-refractivity contribution in [3.63, 3.8) is 0 Å². The van der Waals surface area contributed by atoms with E-state index in [0.717, 1.165) is 51.4 Å². The summed E-state index contributed by atoms with van der Waals surface area (Å²) in [7, 11) is 0. The molecule has 0 nitrogen and oxygen atoms in total. The van der Waals surface area contributed by atoms with E-state index in [0.29, 0.717) is 0 Å². The Balaban J connectivity index is 1.33. The van der Waals surface area contributed by atoms with Crippen molar-refractivity contribution in [2.75, 3.05) is 0 Å². The van der Waals surface area contributed by atoms with Crippen LogP contribution in [0.25, 0.3) is 57.3 Å². The topological polar surface area (TPSA) is 0 Å². The zero-order valence-corrected chi connectivity index (χ0v) is 23.0. The largest absolute Gasteiger partial charge is 0.0836 e. The zero-order chi connectivity index (χ0) is 26.5. The Hall–Kier alpha value is -4.16. The van der Waals surface area contributed by atoms with E-state index in [1.54, 1.807) is 5.57 Å². The van der Waals surface area contributed by atoms with Crippen LogP contribution in [0, 0.1) is 0 Å². The molecule has 0 fully saturated rings. The molecule has 0 N–H and O–H groups in total. The molecule has 0 bridgehead atoms. The molecule has 0 aromatic heterocycles. The number of hydrogen-bond acceptors (Lipinski definition) is 0. The highest BCUT2D eigenvalue weighted by Gasteiger charge is 2.20. The summed E-state index contributed by atoms with van der Waals surface area (Å²) < 4.78 is 0. The lowest BCUT2D eigenvalue weighted by atomic mass is 9.81. The van der Waals surface area contributed by atoms with Gasteiger partial charge in [-0.1, -0.05) is 109 Å². The molecule has 194 valence electrons. The molecule has 0 heterocycles. The molecule has 0 unspecified atom stereocenters. The van der Waals surface area contributed by atoms with Crippen LogP contribution in [0.15, 0.2) is 90.5 Å². The molecule has 0 saturated carbocycles. The maximum absolute atomic E-state index is 2.52. The summed E-state index contributed by atoms with van der Waals surface area (Å²) in [6, 6.07) is 25.2. The molecule has 4 aliphatic carbocycles. The third-order valence-corrected chi connectivity index (χ3v) is 9.37. The Kier molecular flexibility index (Phi) is 5.80. The van der Waals surface area contributed by atoms with Gasteiger partial charge >= 0.3 is 0 Å². The minimum atomic E-state index is 1.09. The highest BCUT2D eigenvalue weighted by atomic mass is 14.2.